The lowest BCUT2D eigenvalue weighted by Gasteiger charge is -2.27. The molecule has 1 aliphatic carbocycles. The van der Waals surface area contributed by atoms with Crippen LogP contribution in [0.5, 0.6) is 23.0 Å². The molecule has 0 saturated heterocycles. The molecule has 0 N–H and O–H groups in total. The van der Waals surface area contributed by atoms with Crippen molar-refractivity contribution in [1.82, 2.24) is 24.5 Å². The van der Waals surface area contributed by atoms with E-state index in [9.17, 15) is 0 Å². The third-order valence-corrected chi connectivity index (χ3v) is 23.6. The topological polar surface area (TPSA) is 174 Å². The van der Waals surface area contributed by atoms with Gasteiger partial charge in [0.2, 0.25) is 0 Å². The number of hydrogen-bond donors (Lipinski definition) is 0. The van der Waals surface area contributed by atoms with Crippen molar-refractivity contribution in [2.45, 2.75) is 19.3 Å². The van der Waals surface area contributed by atoms with Gasteiger partial charge >= 0.3 is 0 Å². The molecule has 23 rings (SSSR count). The van der Waals surface area contributed by atoms with Gasteiger partial charge in [-0.15, -0.1) is 0 Å². The molecule has 0 unspecified atom stereocenters. The molecule has 16 bridgehead atoms. The molecule has 11 heterocycles. The van der Waals surface area contributed by atoms with E-state index in [2.05, 4.69) is 234 Å². The van der Waals surface area contributed by atoms with Gasteiger partial charge in [0, 0.05) is 103 Å². The normalized spacial score (nSPS) is 16.2. The average Bonchev–Trinajstić information content (AvgIpc) is 1.30. The Morgan fingerprint density at radius 2 is 0.645 bits per heavy atom. The number of ether oxygens (including phenoxy) is 12. The van der Waals surface area contributed by atoms with Crippen LogP contribution in [0, 0.1) is 0 Å². The quantitative estimate of drug-likeness (QED) is 0.152. The van der Waals surface area contributed by atoms with Gasteiger partial charge in [0.15, 0.2) is 0 Å². The number of para-hydroxylation sites is 2. The van der Waals surface area contributed by atoms with Crippen LogP contribution in [0.25, 0.3) is 138 Å². The van der Waals surface area contributed by atoms with Crippen LogP contribution in [0.15, 0.2) is 273 Å². The number of hydrogen-bond acceptors (Lipinski definition) is 18. The molecule has 19 heteroatoms. The maximum Gasteiger partial charge on any atom is 0.120 e. The number of rotatable bonds is 4. The van der Waals surface area contributed by atoms with Crippen LogP contribution < -0.4 is 28.7 Å². The highest BCUT2D eigenvalue weighted by Gasteiger charge is 2.36. The largest absolute Gasteiger partial charge is 0.491 e. The number of aromatic nitrogens is 5. The lowest BCUT2D eigenvalue weighted by molar-refractivity contribution is 0.0347. The van der Waals surface area contributed by atoms with Crippen molar-refractivity contribution in [2.24, 2.45) is 0 Å². The van der Waals surface area contributed by atoms with Gasteiger partial charge in [-0.1, -0.05) is 123 Å². The average molecular weight is 1650 g/mol. The zero-order chi connectivity index (χ0) is 83.4. The van der Waals surface area contributed by atoms with Crippen LogP contribution in [-0.2, 0) is 43.3 Å². The number of benzene rings is 11. The van der Waals surface area contributed by atoms with Crippen LogP contribution in [-0.4, -0.2) is 183 Å². The Balaban J connectivity index is 0.613. The molecule has 5 aromatic heterocycles. The minimum absolute atomic E-state index is 0.124. The SMILES string of the molecule is CC1(C)c2ccccc2-c2ccc(N3CCOCCOCCOc4ccc(cc4)-c4ccc5ccc6c(-c7cc8ccc7-c7ccc9ccc%10ccc(nc%10c9n7)-c7ccc(cc7)OCCOCCOCCN(c7ccc9c(c7)c7ccccc7n9-c7ccccc7)CCOCCOCCO8)cc(nc6c5n4)-c4ccc(cc4)OCCOCCOCC3)cc21. The fourth-order valence-electron chi connectivity index (χ4n) is 17.2. The monoisotopic (exact) mass is 1650 g/mol. The van der Waals surface area contributed by atoms with E-state index >= 15 is 0 Å². The molecule has 7 aliphatic rings. The Hall–Kier alpha value is -12.7. The van der Waals surface area contributed by atoms with Crippen molar-refractivity contribution in [1.29, 1.82) is 0 Å². The molecule has 124 heavy (non-hydrogen) atoms. The molecule has 626 valence electrons. The zero-order valence-electron chi connectivity index (χ0n) is 70.0. The fraction of sp³-hybridized carbons (Fsp3) is 0.257. The number of nitrogens with zero attached hydrogens (tertiary/aromatic N) is 7. The molecular formula is C105H99N7O12. The van der Waals surface area contributed by atoms with E-state index < -0.39 is 0 Å². The summed E-state index contributed by atoms with van der Waals surface area (Å²) in [6.45, 7) is 15.6. The summed E-state index contributed by atoms with van der Waals surface area (Å²) < 4.78 is 77.4. The summed E-state index contributed by atoms with van der Waals surface area (Å²) in [5.74, 6) is 2.82. The summed E-state index contributed by atoms with van der Waals surface area (Å²) >= 11 is 0. The van der Waals surface area contributed by atoms with Crippen molar-refractivity contribution in [3.8, 4) is 96.0 Å². The molecule has 0 amide bonds. The smallest absolute Gasteiger partial charge is 0.120 e. The van der Waals surface area contributed by atoms with Crippen molar-refractivity contribution in [3.05, 3.63) is 284 Å². The molecule has 0 spiro atoms. The first kappa shape index (κ1) is 81.0. The maximum absolute atomic E-state index is 6.74. The van der Waals surface area contributed by atoms with Crippen LogP contribution >= 0.6 is 0 Å². The van der Waals surface area contributed by atoms with E-state index in [0.29, 0.717) is 163 Å². The first-order valence-corrected chi connectivity index (χ1v) is 43.1. The molecule has 0 saturated carbocycles. The summed E-state index contributed by atoms with van der Waals surface area (Å²) in [6, 6.07) is 95.2. The molecular weight excluding hydrogens is 1550 g/mol. The zero-order valence-corrected chi connectivity index (χ0v) is 70.0. The summed E-state index contributed by atoms with van der Waals surface area (Å²) in [7, 11) is 0. The van der Waals surface area contributed by atoms with Crippen LogP contribution in [0.1, 0.15) is 25.0 Å². The van der Waals surface area contributed by atoms with E-state index in [1.807, 2.05) is 66.7 Å². The third kappa shape index (κ3) is 18.0. The second-order valence-electron chi connectivity index (χ2n) is 31.7. The Morgan fingerprint density at radius 1 is 0.242 bits per heavy atom. The van der Waals surface area contributed by atoms with Crippen LogP contribution in [0.4, 0.5) is 11.4 Å². The summed E-state index contributed by atoms with van der Waals surface area (Å²) in [4.78, 5) is 26.8. The molecule has 16 aromatic rings. The van der Waals surface area contributed by atoms with Crippen LogP contribution in [0.3, 0.4) is 0 Å². The van der Waals surface area contributed by atoms with Crippen molar-refractivity contribution in [3.63, 3.8) is 0 Å². The van der Waals surface area contributed by atoms with Crippen molar-refractivity contribution >= 4 is 76.8 Å². The highest BCUT2D eigenvalue weighted by molar-refractivity contribution is 6.13. The number of fused-ring (bicyclic) bond motifs is 10. The minimum Gasteiger partial charge on any atom is -0.491 e. The summed E-state index contributed by atoms with van der Waals surface area (Å²) in [5, 5.41) is 6.11. The van der Waals surface area contributed by atoms with Gasteiger partial charge in [-0.05, 0) is 197 Å². The van der Waals surface area contributed by atoms with E-state index in [0.717, 1.165) is 139 Å². The number of anilines is 2. The van der Waals surface area contributed by atoms with Gasteiger partial charge in [0.05, 0.1) is 162 Å². The second-order valence-corrected chi connectivity index (χ2v) is 31.7. The van der Waals surface area contributed by atoms with Gasteiger partial charge in [-0.3, -0.25) is 0 Å². The molecule has 19 nitrogen and oxygen atoms in total. The predicted molar refractivity (Wildman–Crippen MR) is 493 cm³/mol. The maximum atomic E-state index is 6.74. The Morgan fingerprint density at radius 3 is 1.21 bits per heavy atom. The van der Waals surface area contributed by atoms with Crippen molar-refractivity contribution < 1.29 is 56.8 Å². The second kappa shape index (κ2) is 38.0. The molecule has 11 aromatic carbocycles. The Bertz CT molecular complexity index is 6430. The molecule has 0 atom stereocenters. The van der Waals surface area contributed by atoms with Gasteiger partial charge in [0.1, 0.15) is 49.4 Å². The van der Waals surface area contributed by atoms with E-state index in [1.165, 1.54) is 33.0 Å². The summed E-state index contributed by atoms with van der Waals surface area (Å²) in [6.07, 6.45) is 0. The third-order valence-electron chi connectivity index (χ3n) is 23.6. The van der Waals surface area contributed by atoms with E-state index in [4.69, 9.17) is 76.8 Å². The first-order valence-electron chi connectivity index (χ1n) is 43.1. The predicted octanol–water partition coefficient (Wildman–Crippen LogP) is 20.3. The first-order chi connectivity index (χ1) is 61.3. The van der Waals surface area contributed by atoms with Gasteiger partial charge in [-0.25, -0.2) is 19.9 Å². The Labute approximate surface area is 721 Å². The standard InChI is InChI=1S/C105H99N7O12/c1-105(2)93-14-8-6-12-85(93)86-38-28-80(69-94(86)105)111-46-50-115-53-57-118-61-65-122-82-32-20-73(21-33-82)96-41-26-77-24-37-89-91(71-98(109-104(89)103(77)107-96)74-22-34-83(35-23-74)123-66-62-119-58-54-116-51-47-111)90-70-84-36-39-87(90)97-42-27-76-17-16-75-25-40-95(106-101(75)102(76)108-97)72-18-30-81(31-19-72)121-64-60-117-56-52-113-48-44-110(45-49-114-55-59-120-63-67-124-84)79-29-43-100-92(68-79)88-13-7-9-15-99(88)112(100)78-10-4-3-5-11-78/h3-43,68-71H,44-67H2,1-2H3. The summed E-state index contributed by atoms with van der Waals surface area (Å²) in [5.41, 5.74) is 22.3. The van der Waals surface area contributed by atoms with Gasteiger partial charge < -0.3 is 71.2 Å². The molecule has 0 fully saturated rings. The highest BCUT2D eigenvalue weighted by Crippen LogP contribution is 2.50. The van der Waals surface area contributed by atoms with E-state index in [1.54, 1.807) is 0 Å². The van der Waals surface area contributed by atoms with Crippen molar-refractivity contribution in [2.75, 3.05) is 168 Å². The lowest BCUT2D eigenvalue weighted by Crippen LogP contribution is -2.32. The minimum atomic E-state index is -0.124. The van der Waals surface area contributed by atoms with Crippen LogP contribution in [0.2, 0.25) is 0 Å². The molecule has 6 aliphatic heterocycles. The molecule has 0 radical (unpaired) electrons. The van der Waals surface area contributed by atoms with Gasteiger partial charge in [0.25, 0.3) is 0 Å². The fourth-order valence-corrected chi connectivity index (χ4v) is 17.2. The number of pyridine rings is 4. The van der Waals surface area contributed by atoms with Gasteiger partial charge in [-0.2, -0.15) is 0 Å². The van der Waals surface area contributed by atoms with E-state index in [-0.39, 0.29) is 12.0 Å². The lowest BCUT2D eigenvalue weighted by atomic mass is 9.82. The highest BCUT2D eigenvalue weighted by atomic mass is 16.6. The Kier molecular flexibility index (Phi) is 24.8.